The summed E-state index contributed by atoms with van der Waals surface area (Å²) in [6, 6.07) is 9.01. The first kappa shape index (κ1) is 13.8. The Hall–Kier alpha value is 0.711. The van der Waals surface area contributed by atoms with Gasteiger partial charge < -0.3 is 12.9 Å². The minimum atomic E-state index is -4.65. The van der Waals surface area contributed by atoms with E-state index in [1.54, 1.807) is 24.3 Å². The summed E-state index contributed by atoms with van der Waals surface area (Å²) in [6.45, 7) is -4.65. The maximum Gasteiger partial charge on any atom is 1.00 e. The van der Waals surface area contributed by atoms with Crippen molar-refractivity contribution in [3.05, 3.63) is 35.9 Å². The van der Waals surface area contributed by atoms with Crippen LogP contribution < -0.4 is 51.4 Å². The zero-order valence-corrected chi connectivity index (χ0v) is 11.8. The van der Waals surface area contributed by atoms with E-state index < -0.39 is 12.8 Å². The van der Waals surface area contributed by atoms with E-state index in [9.17, 15) is 12.9 Å². The molecule has 15 heavy (non-hydrogen) atoms. The van der Waals surface area contributed by atoms with Crippen molar-refractivity contribution in [1.29, 1.82) is 0 Å². The molecule has 0 bridgehead atoms. The molecule has 1 aliphatic carbocycles. The van der Waals surface area contributed by atoms with Gasteiger partial charge in [0.05, 0.1) is 0 Å². The molecule has 1 saturated carbocycles. The van der Waals surface area contributed by atoms with Gasteiger partial charge >= 0.3 is 58.4 Å². The molecule has 1 aromatic rings. The first-order chi connectivity index (χ1) is 6.59. The molecule has 2 atom stereocenters. The minimum Gasteiger partial charge on any atom is -0.449 e. The van der Waals surface area contributed by atoms with E-state index >= 15 is 0 Å². The number of rotatable bonds is 2. The fraction of sp³-hybridized carbons (Fsp3) is 0.400. The van der Waals surface area contributed by atoms with Crippen LogP contribution in [0.15, 0.2) is 30.3 Å². The molecule has 0 aliphatic heterocycles. The quantitative estimate of drug-likeness (QED) is 0.668. The van der Waals surface area contributed by atoms with Crippen molar-refractivity contribution in [2.24, 2.45) is 0 Å². The molecule has 0 radical (unpaired) electrons. The molecular formula is C10H11BF3K. The Balaban J connectivity index is 0.00000112. The van der Waals surface area contributed by atoms with Crippen molar-refractivity contribution in [3.63, 3.8) is 0 Å². The molecular weight excluding hydrogens is 227 g/mol. The van der Waals surface area contributed by atoms with Gasteiger partial charge in [-0.15, -0.1) is 0 Å². The van der Waals surface area contributed by atoms with E-state index in [2.05, 4.69) is 0 Å². The molecule has 1 aliphatic rings. The molecule has 76 valence electrons. The molecule has 2 rings (SSSR count). The van der Waals surface area contributed by atoms with Crippen LogP contribution in [0, 0.1) is 0 Å². The van der Waals surface area contributed by atoms with Gasteiger partial charge in [-0.05, 0) is 11.5 Å². The molecule has 1 fully saturated rings. The largest absolute Gasteiger partial charge is 1.00 e. The second-order valence-electron chi connectivity index (χ2n) is 3.88. The Morgan fingerprint density at radius 2 is 1.60 bits per heavy atom. The molecule has 0 aromatic heterocycles. The Morgan fingerprint density at radius 1 is 1.00 bits per heavy atom. The van der Waals surface area contributed by atoms with E-state index in [1.165, 1.54) is 0 Å². The van der Waals surface area contributed by atoms with E-state index in [-0.39, 0.29) is 57.3 Å². The Morgan fingerprint density at radius 3 is 2.00 bits per heavy atom. The average molecular weight is 238 g/mol. The third-order valence-electron chi connectivity index (χ3n) is 3.04. The summed E-state index contributed by atoms with van der Waals surface area (Å²) in [7, 11) is 0. The molecule has 0 unspecified atom stereocenters. The topological polar surface area (TPSA) is 0 Å². The monoisotopic (exact) mass is 238 g/mol. The van der Waals surface area contributed by atoms with E-state index in [0.29, 0.717) is 12.8 Å². The average Bonchev–Trinajstić information content (AvgIpc) is 2.00. The van der Waals surface area contributed by atoms with Crippen LogP contribution >= 0.6 is 0 Å². The van der Waals surface area contributed by atoms with Gasteiger partial charge in [-0.25, -0.2) is 0 Å². The second-order valence-corrected chi connectivity index (χ2v) is 3.88. The SMILES string of the molecule is F[B-](F)(F)[C@@H]1CC[C@@H]1c1ccccc1.[K+]. The van der Waals surface area contributed by atoms with E-state index in [4.69, 9.17) is 0 Å². The standard InChI is InChI=1S/C10H11BF3.K/c12-11(13,14)10-7-6-9(10)8-4-2-1-3-5-8;/h1-5,9-10H,6-7H2;/q-1;+1/t9-,10-;/m1./s1. The zero-order valence-electron chi connectivity index (χ0n) is 8.67. The molecule has 0 amide bonds. The summed E-state index contributed by atoms with van der Waals surface area (Å²) in [5.41, 5.74) is 0.836. The van der Waals surface area contributed by atoms with Gasteiger partial charge in [-0.1, -0.05) is 49.0 Å². The van der Waals surface area contributed by atoms with E-state index in [0.717, 1.165) is 5.56 Å². The van der Waals surface area contributed by atoms with Gasteiger partial charge in [0.2, 0.25) is 0 Å². The van der Waals surface area contributed by atoms with Crippen molar-refractivity contribution >= 4 is 6.98 Å². The van der Waals surface area contributed by atoms with Crippen LogP contribution in [-0.2, 0) is 0 Å². The molecule has 0 N–H and O–H groups in total. The summed E-state index contributed by atoms with van der Waals surface area (Å²) in [5, 5.41) is 0. The minimum absolute atomic E-state index is 0. The van der Waals surface area contributed by atoms with Gasteiger partial charge in [0, 0.05) is 0 Å². The van der Waals surface area contributed by atoms with Gasteiger partial charge in [-0.3, -0.25) is 0 Å². The van der Waals surface area contributed by atoms with Gasteiger partial charge in [-0.2, -0.15) is 0 Å². The van der Waals surface area contributed by atoms with Crippen molar-refractivity contribution in [3.8, 4) is 0 Å². The van der Waals surface area contributed by atoms with Crippen molar-refractivity contribution in [2.75, 3.05) is 0 Å². The fourth-order valence-electron chi connectivity index (χ4n) is 2.09. The predicted molar refractivity (Wildman–Crippen MR) is 51.2 cm³/mol. The number of halogens is 3. The van der Waals surface area contributed by atoms with Crippen molar-refractivity contribution in [2.45, 2.75) is 24.6 Å². The van der Waals surface area contributed by atoms with Crippen molar-refractivity contribution in [1.82, 2.24) is 0 Å². The van der Waals surface area contributed by atoms with Crippen LogP contribution in [0.5, 0.6) is 0 Å². The van der Waals surface area contributed by atoms with Crippen LogP contribution in [0.3, 0.4) is 0 Å². The molecule has 0 nitrogen and oxygen atoms in total. The summed E-state index contributed by atoms with van der Waals surface area (Å²) < 4.78 is 37.5. The molecule has 0 saturated heterocycles. The Kier molecular flexibility index (Phi) is 4.92. The normalized spacial score (nSPS) is 25.3. The predicted octanol–water partition coefficient (Wildman–Crippen LogP) is 0.786. The molecule has 0 spiro atoms. The van der Waals surface area contributed by atoms with Crippen LogP contribution in [0.2, 0.25) is 5.82 Å². The summed E-state index contributed by atoms with van der Waals surface area (Å²) in [5.74, 6) is -1.34. The molecule has 1 aromatic carbocycles. The third kappa shape index (κ3) is 3.10. The van der Waals surface area contributed by atoms with Gasteiger partial charge in [0.25, 0.3) is 0 Å². The first-order valence-electron chi connectivity index (χ1n) is 4.84. The van der Waals surface area contributed by atoms with Crippen LogP contribution in [0.4, 0.5) is 12.9 Å². The Bertz CT molecular complexity index is 312. The maximum absolute atomic E-state index is 12.5. The van der Waals surface area contributed by atoms with Crippen molar-refractivity contribution < 1.29 is 64.3 Å². The second kappa shape index (κ2) is 5.36. The maximum atomic E-state index is 12.5. The number of hydrogen-bond acceptors (Lipinski definition) is 0. The van der Waals surface area contributed by atoms with Gasteiger partial charge in [0.15, 0.2) is 0 Å². The summed E-state index contributed by atoms with van der Waals surface area (Å²) in [4.78, 5) is 0. The Labute approximate surface area is 130 Å². The number of hydrogen-bond donors (Lipinski definition) is 0. The van der Waals surface area contributed by atoms with Crippen LogP contribution in [0.1, 0.15) is 24.3 Å². The molecule has 5 heteroatoms. The van der Waals surface area contributed by atoms with Crippen LogP contribution in [0.25, 0.3) is 0 Å². The molecule has 0 heterocycles. The van der Waals surface area contributed by atoms with Gasteiger partial charge in [0.1, 0.15) is 0 Å². The van der Waals surface area contributed by atoms with E-state index in [1.807, 2.05) is 6.07 Å². The fourth-order valence-corrected chi connectivity index (χ4v) is 2.09. The van der Waals surface area contributed by atoms with Crippen LogP contribution in [-0.4, -0.2) is 6.98 Å². The zero-order chi connectivity index (χ0) is 10.2. The summed E-state index contributed by atoms with van der Waals surface area (Å²) in [6.07, 6.45) is 0.985. The third-order valence-corrected chi connectivity index (χ3v) is 3.04. The first-order valence-corrected chi connectivity index (χ1v) is 4.84. The summed E-state index contributed by atoms with van der Waals surface area (Å²) >= 11 is 0. The smallest absolute Gasteiger partial charge is 0.449 e. The number of benzene rings is 1.